The summed E-state index contributed by atoms with van der Waals surface area (Å²) in [6.45, 7) is 3.26. The molecule has 1 aliphatic heterocycles. The molecule has 0 aromatic carbocycles. The number of carbonyl (C=O) groups is 1. The van der Waals surface area contributed by atoms with Crippen LogP contribution in [0.2, 0.25) is 0 Å². The van der Waals surface area contributed by atoms with E-state index in [1.54, 1.807) is 19.2 Å². The van der Waals surface area contributed by atoms with E-state index < -0.39 is 5.97 Å². The van der Waals surface area contributed by atoms with Crippen LogP contribution in [0.5, 0.6) is 0 Å². The molecule has 4 nitrogen and oxygen atoms in total. The van der Waals surface area contributed by atoms with Gasteiger partial charge in [0.1, 0.15) is 11.4 Å². The second kappa shape index (κ2) is 3.73. The minimum absolute atomic E-state index is 0.307. The van der Waals surface area contributed by atoms with E-state index in [-0.39, 0.29) is 0 Å². The zero-order valence-electron chi connectivity index (χ0n) is 8.47. The topological polar surface area (TPSA) is 53.4 Å². The SMILES string of the molecule is Cc1ccnc(N2CC=CC2)c1C(=O)O. The third-order valence-electron chi connectivity index (χ3n) is 2.47. The van der Waals surface area contributed by atoms with Gasteiger partial charge in [-0.05, 0) is 18.6 Å². The van der Waals surface area contributed by atoms with Gasteiger partial charge in [-0.3, -0.25) is 0 Å². The van der Waals surface area contributed by atoms with Crippen LogP contribution in [0.15, 0.2) is 24.4 Å². The summed E-state index contributed by atoms with van der Waals surface area (Å²) in [5, 5.41) is 9.12. The smallest absolute Gasteiger partial charge is 0.339 e. The molecule has 1 N–H and O–H groups in total. The van der Waals surface area contributed by atoms with Crippen LogP contribution >= 0.6 is 0 Å². The Labute approximate surface area is 87.9 Å². The molecule has 0 saturated carbocycles. The number of pyridine rings is 1. The average Bonchev–Trinajstić information content (AvgIpc) is 2.69. The Bertz CT molecular complexity index is 419. The quantitative estimate of drug-likeness (QED) is 0.741. The lowest BCUT2D eigenvalue weighted by molar-refractivity contribution is 0.0696. The summed E-state index contributed by atoms with van der Waals surface area (Å²) in [5.41, 5.74) is 1.06. The largest absolute Gasteiger partial charge is 0.478 e. The first-order valence-electron chi connectivity index (χ1n) is 4.79. The highest BCUT2D eigenvalue weighted by Gasteiger charge is 2.19. The van der Waals surface area contributed by atoms with Crippen LogP contribution in [-0.4, -0.2) is 29.1 Å². The lowest BCUT2D eigenvalue weighted by Crippen LogP contribution is -2.23. The van der Waals surface area contributed by atoms with Crippen molar-refractivity contribution in [3.8, 4) is 0 Å². The summed E-state index contributed by atoms with van der Waals surface area (Å²) in [6, 6.07) is 1.72. The molecular weight excluding hydrogens is 192 g/mol. The Kier molecular flexibility index (Phi) is 2.41. The number of hydrogen-bond acceptors (Lipinski definition) is 3. The zero-order valence-corrected chi connectivity index (χ0v) is 8.47. The van der Waals surface area contributed by atoms with Crippen molar-refractivity contribution >= 4 is 11.8 Å². The molecule has 2 rings (SSSR count). The van der Waals surface area contributed by atoms with Gasteiger partial charge < -0.3 is 10.0 Å². The second-order valence-electron chi connectivity index (χ2n) is 3.51. The predicted molar refractivity (Wildman–Crippen MR) is 57.3 cm³/mol. The number of anilines is 1. The Hall–Kier alpha value is -1.84. The van der Waals surface area contributed by atoms with Crippen molar-refractivity contribution in [3.63, 3.8) is 0 Å². The number of carboxylic acid groups (broad SMARTS) is 1. The fourth-order valence-corrected chi connectivity index (χ4v) is 1.70. The van der Waals surface area contributed by atoms with Crippen LogP contribution in [0.25, 0.3) is 0 Å². The van der Waals surface area contributed by atoms with Gasteiger partial charge in [-0.25, -0.2) is 9.78 Å². The van der Waals surface area contributed by atoms with E-state index in [0.717, 1.165) is 18.7 Å². The third-order valence-corrected chi connectivity index (χ3v) is 2.47. The minimum atomic E-state index is -0.914. The average molecular weight is 204 g/mol. The molecule has 1 aromatic rings. The zero-order chi connectivity index (χ0) is 10.8. The van der Waals surface area contributed by atoms with Crippen molar-refractivity contribution < 1.29 is 9.90 Å². The maximum absolute atomic E-state index is 11.1. The fourth-order valence-electron chi connectivity index (χ4n) is 1.70. The molecule has 0 unspecified atom stereocenters. The number of aromatic carboxylic acids is 1. The molecule has 0 fully saturated rings. The van der Waals surface area contributed by atoms with E-state index in [1.165, 1.54) is 0 Å². The van der Waals surface area contributed by atoms with E-state index >= 15 is 0 Å². The highest BCUT2D eigenvalue weighted by molar-refractivity contribution is 5.95. The number of carboxylic acids is 1. The van der Waals surface area contributed by atoms with Crippen LogP contribution in [0.3, 0.4) is 0 Å². The van der Waals surface area contributed by atoms with Gasteiger partial charge >= 0.3 is 5.97 Å². The normalized spacial score (nSPS) is 14.6. The van der Waals surface area contributed by atoms with E-state index in [9.17, 15) is 4.79 Å². The van der Waals surface area contributed by atoms with Crippen molar-refractivity contribution in [2.45, 2.75) is 6.92 Å². The van der Waals surface area contributed by atoms with E-state index in [1.807, 2.05) is 17.1 Å². The lowest BCUT2D eigenvalue weighted by atomic mass is 10.1. The first-order chi connectivity index (χ1) is 7.20. The van der Waals surface area contributed by atoms with Gasteiger partial charge in [0, 0.05) is 19.3 Å². The molecule has 1 aromatic heterocycles. The van der Waals surface area contributed by atoms with Crippen molar-refractivity contribution in [2.24, 2.45) is 0 Å². The summed E-state index contributed by atoms with van der Waals surface area (Å²) in [7, 11) is 0. The number of aryl methyl sites for hydroxylation is 1. The summed E-state index contributed by atoms with van der Waals surface area (Å²) >= 11 is 0. The van der Waals surface area contributed by atoms with Gasteiger partial charge in [0.15, 0.2) is 0 Å². The number of hydrogen-bond donors (Lipinski definition) is 1. The predicted octanol–water partition coefficient (Wildman–Crippen LogP) is 1.46. The summed E-state index contributed by atoms with van der Waals surface area (Å²) in [4.78, 5) is 17.2. The van der Waals surface area contributed by atoms with E-state index in [0.29, 0.717) is 11.4 Å². The Morgan fingerprint density at radius 3 is 2.73 bits per heavy atom. The molecule has 0 amide bonds. The van der Waals surface area contributed by atoms with Crippen molar-refractivity contribution in [3.05, 3.63) is 35.5 Å². The Morgan fingerprint density at radius 1 is 1.47 bits per heavy atom. The monoisotopic (exact) mass is 204 g/mol. The van der Waals surface area contributed by atoms with Crippen LogP contribution in [0, 0.1) is 6.92 Å². The molecule has 0 bridgehead atoms. The molecule has 2 heterocycles. The first kappa shape index (κ1) is 9.71. The molecule has 0 atom stereocenters. The second-order valence-corrected chi connectivity index (χ2v) is 3.51. The van der Waals surface area contributed by atoms with Crippen LogP contribution in [-0.2, 0) is 0 Å². The van der Waals surface area contributed by atoms with Gasteiger partial charge in [0.05, 0.1) is 0 Å². The molecule has 0 spiro atoms. The summed E-state index contributed by atoms with van der Waals surface area (Å²) < 4.78 is 0. The highest BCUT2D eigenvalue weighted by atomic mass is 16.4. The van der Waals surface area contributed by atoms with Gasteiger partial charge in [-0.2, -0.15) is 0 Å². The maximum atomic E-state index is 11.1. The van der Waals surface area contributed by atoms with Crippen LogP contribution in [0.4, 0.5) is 5.82 Å². The molecule has 0 saturated heterocycles. The fraction of sp³-hybridized carbons (Fsp3) is 0.273. The minimum Gasteiger partial charge on any atom is -0.478 e. The number of nitrogens with zero attached hydrogens (tertiary/aromatic N) is 2. The summed E-state index contributed by atoms with van der Waals surface area (Å²) in [5.74, 6) is -0.352. The number of rotatable bonds is 2. The number of aromatic nitrogens is 1. The highest BCUT2D eigenvalue weighted by Crippen LogP contribution is 2.22. The third kappa shape index (κ3) is 1.70. The van der Waals surface area contributed by atoms with Crippen molar-refractivity contribution in [2.75, 3.05) is 18.0 Å². The van der Waals surface area contributed by atoms with Gasteiger partial charge in [-0.15, -0.1) is 0 Å². The maximum Gasteiger partial charge on any atom is 0.339 e. The molecule has 4 heteroatoms. The lowest BCUT2D eigenvalue weighted by Gasteiger charge is -2.19. The van der Waals surface area contributed by atoms with Crippen molar-refractivity contribution in [1.29, 1.82) is 0 Å². The van der Waals surface area contributed by atoms with Crippen LogP contribution in [0.1, 0.15) is 15.9 Å². The van der Waals surface area contributed by atoms with Gasteiger partial charge in [0.2, 0.25) is 0 Å². The standard InChI is InChI=1S/C11H12N2O2/c1-8-4-5-12-10(9(8)11(14)15)13-6-2-3-7-13/h2-5H,6-7H2,1H3,(H,14,15). The van der Waals surface area contributed by atoms with Crippen molar-refractivity contribution in [1.82, 2.24) is 4.98 Å². The first-order valence-corrected chi connectivity index (χ1v) is 4.79. The van der Waals surface area contributed by atoms with Gasteiger partial charge in [-0.1, -0.05) is 12.2 Å². The van der Waals surface area contributed by atoms with Crippen LogP contribution < -0.4 is 4.90 Å². The molecule has 0 aliphatic carbocycles. The molecule has 0 radical (unpaired) electrons. The van der Waals surface area contributed by atoms with Gasteiger partial charge in [0.25, 0.3) is 0 Å². The molecule has 1 aliphatic rings. The molecule has 15 heavy (non-hydrogen) atoms. The van der Waals surface area contributed by atoms with E-state index in [4.69, 9.17) is 5.11 Å². The summed E-state index contributed by atoms with van der Waals surface area (Å²) in [6.07, 6.45) is 5.67. The molecular formula is C11H12N2O2. The Balaban J connectivity index is 2.45. The van der Waals surface area contributed by atoms with E-state index in [2.05, 4.69) is 4.98 Å². The Morgan fingerprint density at radius 2 is 2.13 bits per heavy atom. The molecule has 78 valence electrons.